The van der Waals surface area contributed by atoms with Gasteiger partial charge in [-0.15, -0.1) is 0 Å². The molecule has 2 nitrogen and oxygen atoms in total. The van der Waals surface area contributed by atoms with Crippen molar-refractivity contribution in [1.82, 2.24) is 0 Å². The molecular formula is C10H16F2O2. The molecule has 82 valence electrons. The van der Waals surface area contributed by atoms with Crippen LogP contribution in [0.3, 0.4) is 0 Å². The lowest BCUT2D eigenvalue weighted by Crippen LogP contribution is -2.42. The van der Waals surface area contributed by atoms with E-state index in [-0.39, 0.29) is 11.5 Å². The molecule has 1 atom stereocenters. The van der Waals surface area contributed by atoms with Crippen molar-refractivity contribution in [2.75, 3.05) is 7.11 Å². The molecule has 0 aliphatic rings. The molecule has 0 aliphatic heterocycles. The highest BCUT2D eigenvalue weighted by Crippen LogP contribution is 2.36. The number of methoxy groups -OCH3 is 1. The van der Waals surface area contributed by atoms with Gasteiger partial charge in [0.15, 0.2) is 11.5 Å². The summed E-state index contributed by atoms with van der Waals surface area (Å²) in [7, 11) is 1.21. The summed E-state index contributed by atoms with van der Waals surface area (Å²) in [6, 6.07) is 0. The number of ketones is 1. The van der Waals surface area contributed by atoms with Gasteiger partial charge in [0.1, 0.15) is 11.4 Å². The van der Waals surface area contributed by atoms with Crippen molar-refractivity contribution in [3.8, 4) is 0 Å². The van der Waals surface area contributed by atoms with Crippen LogP contribution in [0.2, 0.25) is 0 Å². The average molecular weight is 206 g/mol. The lowest BCUT2D eigenvalue weighted by molar-refractivity contribution is -0.113. The predicted octanol–water partition coefficient (Wildman–Crippen LogP) is 2.58. The SMILES string of the molecule is CO/C(=C\C(C)=O)C(C)(F)C(C)(C)F. The summed E-state index contributed by atoms with van der Waals surface area (Å²) in [4.78, 5) is 10.7. The van der Waals surface area contributed by atoms with E-state index < -0.39 is 11.3 Å². The average Bonchev–Trinajstić information content (AvgIpc) is 1.97. The van der Waals surface area contributed by atoms with E-state index in [0.717, 1.165) is 26.8 Å². The van der Waals surface area contributed by atoms with Crippen LogP contribution in [0.25, 0.3) is 0 Å². The third-order valence-electron chi connectivity index (χ3n) is 2.13. The molecule has 0 spiro atoms. The van der Waals surface area contributed by atoms with Gasteiger partial charge in [-0.25, -0.2) is 8.78 Å². The van der Waals surface area contributed by atoms with Crippen molar-refractivity contribution >= 4 is 5.78 Å². The second-order valence-corrected chi connectivity index (χ2v) is 3.80. The topological polar surface area (TPSA) is 26.3 Å². The van der Waals surface area contributed by atoms with Gasteiger partial charge < -0.3 is 4.74 Å². The zero-order chi connectivity index (χ0) is 11.6. The Morgan fingerprint density at radius 1 is 1.29 bits per heavy atom. The van der Waals surface area contributed by atoms with Crippen LogP contribution in [0.5, 0.6) is 0 Å². The molecule has 0 aromatic rings. The van der Waals surface area contributed by atoms with E-state index in [4.69, 9.17) is 0 Å². The van der Waals surface area contributed by atoms with Gasteiger partial charge in [0.2, 0.25) is 0 Å². The number of carbonyl (C=O) groups is 1. The molecule has 0 heterocycles. The number of alkyl halides is 2. The van der Waals surface area contributed by atoms with Crippen molar-refractivity contribution in [2.24, 2.45) is 0 Å². The molecule has 1 unspecified atom stereocenters. The zero-order valence-corrected chi connectivity index (χ0v) is 9.15. The molecule has 0 fully saturated rings. The minimum atomic E-state index is -2.31. The third kappa shape index (κ3) is 2.79. The number of allylic oxidation sites excluding steroid dienone is 2. The molecule has 0 N–H and O–H groups in total. The molecular weight excluding hydrogens is 190 g/mol. The fourth-order valence-electron chi connectivity index (χ4n) is 0.864. The molecule has 0 rings (SSSR count). The van der Waals surface area contributed by atoms with E-state index in [2.05, 4.69) is 4.74 Å². The molecule has 0 aromatic heterocycles. The first-order valence-electron chi connectivity index (χ1n) is 4.27. The summed E-state index contributed by atoms with van der Waals surface area (Å²) < 4.78 is 32.0. The first-order chi connectivity index (χ1) is 6.13. The van der Waals surface area contributed by atoms with Crippen molar-refractivity contribution in [1.29, 1.82) is 0 Å². The van der Waals surface area contributed by atoms with Crippen LogP contribution in [-0.4, -0.2) is 24.2 Å². The fourth-order valence-corrected chi connectivity index (χ4v) is 0.864. The van der Waals surface area contributed by atoms with Gasteiger partial charge in [-0.3, -0.25) is 4.79 Å². The van der Waals surface area contributed by atoms with Crippen LogP contribution in [0.15, 0.2) is 11.8 Å². The molecule has 0 aromatic carbocycles. The van der Waals surface area contributed by atoms with Crippen molar-refractivity contribution in [3.63, 3.8) is 0 Å². The number of hydrogen-bond acceptors (Lipinski definition) is 2. The summed E-state index contributed by atoms with van der Waals surface area (Å²) in [6.45, 7) is 4.49. The molecule has 0 bridgehead atoms. The Balaban J connectivity index is 5.14. The number of carbonyl (C=O) groups excluding carboxylic acids is 1. The normalized spacial score (nSPS) is 17.5. The molecule has 4 heteroatoms. The van der Waals surface area contributed by atoms with Crippen LogP contribution in [-0.2, 0) is 9.53 Å². The summed E-state index contributed by atoms with van der Waals surface area (Å²) >= 11 is 0. The summed E-state index contributed by atoms with van der Waals surface area (Å²) in [5.41, 5.74) is -4.42. The second kappa shape index (κ2) is 4.07. The first kappa shape index (κ1) is 13.1. The second-order valence-electron chi connectivity index (χ2n) is 3.80. The Labute approximate surface area is 82.9 Å². The standard InChI is InChI=1S/C10H16F2O2/c1-7(13)6-8(14-5)10(4,12)9(2,3)11/h6H,1-5H3/b8-6-. The Bertz CT molecular complexity index is 249. The van der Waals surface area contributed by atoms with Gasteiger partial charge in [-0.2, -0.15) is 0 Å². The summed E-state index contributed by atoms with van der Waals surface area (Å²) in [5, 5.41) is 0. The molecule has 0 radical (unpaired) electrons. The Kier molecular flexibility index (Phi) is 3.80. The van der Waals surface area contributed by atoms with Crippen molar-refractivity contribution < 1.29 is 18.3 Å². The molecule has 0 aliphatic carbocycles. The Hall–Kier alpha value is -0.930. The predicted molar refractivity (Wildman–Crippen MR) is 50.5 cm³/mol. The van der Waals surface area contributed by atoms with E-state index in [1.54, 1.807) is 0 Å². The number of hydrogen-bond donors (Lipinski definition) is 0. The van der Waals surface area contributed by atoms with Crippen LogP contribution in [0, 0.1) is 0 Å². The molecule has 0 amide bonds. The van der Waals surface area contributed by atoms with E-state index in [1.165, 1.54) is 14.0 Å². The Morgan fingerprint density at radius 2 is 1.71 bits per heavy atom. The van der Waals surface area contributed by atoms with Crippen LogP contribution in [0.1, 0.15) is 27.7 Å². The third-order valence-corrected chi connectivity index (χ3v) is 2.13. The van der Waals surface area contributed by atoms with Gasteiger partial charge >= 0.3 is 0 Å². The number of rotatable bonds is 4. The van der Waals surface area contributed by atoms with Gasteiger partial charge in [-0.1, -0.05) is 0 Å². The smallest absolute Gasteiger partial charge is 0.197 e. The highest BCUT2D eigenvalue weighted by atomic mass is 19.2. The molecule has 14 heavy (non-hydrogen) atoms. The van der Waals surface area contributed by atoms with Crippen molar-refractivity contribution in [3.05, 3.63) is 11.8 Å². The van der Waals surface area contributed by atoms with Crippen LogP contribution in [0.4, 0.5) is 8.78 Å². The van der Waals surface area contributed by atoms with Gasteiger partial charge in [-0.05, 0) is 27.7 Å². The van der Waals surface area contributed by atoms with Gasteiger partial charge in [0.25, 0.3) is 0 Å². The van der Waals surface area contributed by atoms with E-state index in [9.17, 15) is 13.6 Å². The van der Waals surface area contributed by atoms with Crippen LogP contribution < -0.4 is 0 Å². The maximum atomic E-state index is 13.9. The minimum Gasteiger partial charge on any atom is -0.497 e. The minimum absolute atomic E-state index is 0.294. The van der Waals surface area contributed by atoms with Gasteiger partial charge in [0, 0.05) is 6.08 Å². The molecule has 0 saturated heterocycles. The molecule has 0 saturated carbocycles. The van der Waals surface area contributed by atoms with E-state index in [0.29, 0.717) is 0 Å². The highest BCUT2D eigenvalue weighted by Gasteiger charge is 2.46. The maximum absolute atomic E-state index is 13.9. The highest BCUT2D eigenvalue weighted by molar-refractivity contribution is 5.88. The largest absolute Gasteiger partial charge is 0.497 e. The zero-order valence-electron chi connectivity index (χ0n) is 9.15. The van der Waals surface area contributed by atoms with E-state index >= 15 is 0 Å². The van der Waals surface area contributed by atoms with Crippen LogP contribution >= 0.6 is 0 Å². The van der Waals surface area contributed by atoms with E-state index in [1.807, 2.05) is 0 Å². The lowest BCUT2D eigenvalue weighted by Gasteiger charge is -2.31. The van der Waals surface area contributed by atoms with Gasteiger partial charge in [0.05, 0.1) is 7.11 Å². The maximum Gasteiger partial charge on any atom is 0.197 e. The lowest BCUT2D eigenvalue weighted by atomic mass is 9.89. The summed E-state index contributed by atoms with van der Waals surface area (Å²) in [5.74, 6) is -0.674. The van der Waals surface area contributed by atoms with Crippen molar-refractivity contribution in [2.45, 2.75) is 39.0 Å². The number of ether oxygens (including phenoxy) is 1. The summed E-state index contributed by atoms with van der Waals surface area (Å²) in [6.07, 6.45) is 0.960. The first-order valence-corrected chi connectivity index (χ1v) is 4.27. The fraction of sp³-hybridized carbons (Fsp3) is 0.700. The quantitative estimate of drug-likeness (QED) is 0.522. The Morgan fingerprint density at radius 3 is 1.93 bits per heavy atom. The monoisotopic (exact) mass is 206 g/mol. The number of halogens is 2.